The van der Waals surface area contributed by atoms with Crippen LogP contribution in [-0.2, 0) is 11.3 Å². The first-order chi connectivity index (χ1) is 12.1. The molecule has 0 radical (unpaired) electrons. The molecule has 2 aromatic rings. The molecule has 1 unspecified atom stereocenters. The molecule has 25 heavy (non-hydrogen) atoms. The number of piperidine rings is 1. The highest BCUT2D eigenvalue weighted by atomic mass is 35.5. The zero-order valence-corrected chi connectivity index (χ0v) is 16.2. The molecule has 7 heteroatoms. The summed E-state index contributed by atoms with van der Waals surface area (Å²) in [6.07, 6.45) is 2.31. The van der Waals surface area contributed by atoms with Gasteiger partial charge in [0.15, 0.2) is 11.0 Å². The van der Waals surface area contributed by atoms with Crippen molar-refractivity contribution in [2.45, 2.75) is 38.4 Å². The molecule has 1 fully saturated rings. The summed E-state index contributed by atoms with van der Waals surface area (Å²) in [6.45, 7) is 6.74. The van der Waals surface area contributed by atoms with Crippen LogP contribution in [0.5, 0.6) is 0 Å². The molecule has 0 saturated carbocycles. The Kier molecular flexibility index (Phi) is 6.02. The van der Waals surface area contributed by atoms with E-state index < -0.39 is 0 Å². The molecule has 1 aromatic carbocycles. The topological polar surface area (TPSA) is 51.0 Å². The highest BCUT2D eigenvalue weighted by Gasteiger charge is 2.22. The maximum Gasteiger partial charge on any atom is 0.233 e. The molecule has 0 bridgehead atoms. The minimum Gasteiger partial charge on any atom is -0.342 e. The smallest absolute Gasteiger partial charge is 0.233 e. The summed E-state index contributed by atoms with van der Waals surface area (Å²) in [5.74, 6) is 1.97. The Balaban J connectivity index is 1.70. The van der Waals surface area contributed by atoms with E-state index in [-0.39, 0.29) is 5.91 Å². The van der Waals surface area contributed by atoms with Crippen LogP contribution < -0.4 is 0 Å². The molecule has 1 saturated heterocycles. The van der Waals surface area contributed by atoms with Crippen LogP contribution in [0.15, 0.2) is 29.4 Å². The number of carbonyl (C=O) groups is 1. The minimum absolute atomic E-state index is 0.187. The maximum absolute atomic E-state index is 12.5. The standard InChI is InChI=1S/C18H23ClN4OS/c1-3-23-17(14-7-4-8-15(19)10-14)20-21-18(23)25-12-16(24)22-9-5-6-13(2)11-22/h4,7-8,10,13H,3,5-6,9,11-12H2,1-2H3. The van der Waals surface area contributed by atoms with E-state index in [1.807, 2.05) is 33.7 Å². The Bertz CT molecular complexity index is 748. The number of thioether (sulfide) groups is 1. The third-order valence-electron chi connectivity index (χ3n) is 4.45. The van der Waals surface area contributed by atoms with Gasteiger partial charge in [-0.15, -0.1) is 10.2 Å². The molecule has 1 aromatic heterocycles. The normalized spacial score (nSPS) is 17.7. The first-order valence-electron chi connectivity index (χ1n) is 8.68. The molecule has 1 aliphatic rings. The highest BCUT2D eigenvalue weighted by molar-refractivity contribution is 7.99. The van der Waals surface area contributed by atoms with E-state index in [2.05, 4.69) is 24.0 Å². The van der Waals surface area contributed by atoms with Crippen molar-refractivity contribution in [2.24, 2.45) is 5.92 Å². The Morgan fingerprint density at radius 2 is 2.24 bits per heavy atom. The molecule has 3 rings (SSSR count). The van der Waals surface area contributed by atoms with E-state index in [1.165, 1.54) is 18.2 Å². The van der Waals surface area contributed by atoms with Gasteiger partial charge in [-0.05, 0) is 37.8 Å². The van der Waals surface area contributed by atoms with Gasteiger partial charge in [-0.2, -0.15) is 0 Å². The van der Waals surface area contributed by atoms with E-state index in [0.29, 0.717) is 16.7 Å². The van der Waals surface area contributed by atoms with Crippen LogP contribution in [0, 0.1) is 5.92 Å². The summed E-state index contributed by atoms with van der Waals surface area (Å²) in [4.78, 5) is 14.4. The number of rotatable bonds is 5. The maximum atomic E-state index is 12.5. The Labute approximate surface area is 157 Å². The van der Waals surface area contributed by atoms with Crippen molar-refractivity contribution in [1.29, 1.82) is 0 Å². The number of hydrogen-bond donors (Lipinski definition) is 0. The fraction of sp³-hybridized carbons (Fsp3) is 0.500. The summed E-state index contributed by atoms with van der Waals surface area (Å²) in [5, 5.41) is 10.0. The summed E-state index contributed by atoms with van der Waals surface area (Å²) in [7, 11) is 0. The fourth-order valence-corrected chi connectivity index (χ4v) is 4.25. The lowest BCUT2D eigenvalue weighted by Crippen LogP contribution is -2.40. The lowest BCUT2D eigenvalue weighted by atomic mass is 10.0. The van der Waals surface area contributed by atoms with Crippen molar-refractivity contribution in [3.8, 4) is 11.4 Å². The molecule has 1 atom stereocenters. The Morgan fingerprint density at radius 3 is 2.96 bits per heavy atom. The molecule has 1 aliphatic heterocycles. The summed E-state index contributed by atoms with van der Waals surface area (Å²) in [6, 6.07) is 7.59. The quantitative estimate of drug-likeness (QED) is 0.738. The summed E-state index contributed by atoms with van der Waals surface area (Å²) < 4.78 is 2.03. The van der Waals surface area contributed by atoms with Crippen LogP contribution in [0.3, 0.4) is 0 Å². The molecule has 0 N–H and O–H groups in total. The predicted molar refractivity (Wildman–Crippen MR) is 102 cm³/mol. The monoisotopic (exact) mass is 378 g/mol. The highest BCUT2D eigenvalue weighted by Crippen LogP contribution is 2.26. The average molecular weight is 379 g/mol. The SMILES string of the molecule is CCn1c(SCC(=O)N2CCCC(C)C2)nnc1-c1cccc(Cl)c1. The van der Waals surface area contributed by atoms with E-state index in [0.717, 1.165) is 42.6 Å². The van der Waals surface area contributed by atoms with Crippen molar-refractivity contribution < 1.29 is 4.79 Å². The first kappa shape index (κ1) is 18.3. The number of benzene rings is 1. The van der Waals surface area contributed by atoms with E-state index >= 15 is 0 Å². The van der Waals surface area contributed by atoms with E-state index in [9.17, 15) is 4.79 Å². The second-order valence-electron chi connectivity index (χ2n) is 6.44. The van der Waals surface area contributed by atoms with Gasteiger partial charge in [0.1, 0.15) is 0 Å². The molecular formula is C18H23ClN4OS. The lowest BCUT2D eigenvalue weighted by Gasteiger charge is -2.30. The van der Waals surface area contributed by atoms with Gasteiger partial charge in [0, 0.05) is 30.2 Å². The number of halogens is 1. The zero-order chi connectivity index (χ0) is 17.8. The average Bonchev–Trinajstić information content (AvgIpc) is 3.02. The minimum atomic E-state index is 0.187. The number of carbonyl (C=O) groups excluding carboxylic acids is 1. The molecule has 0 aliphatic carbocycles. The number of nitrogens with zero attached hydrogens (tertiary/aromatic N) is 4. The molecule has 0 spiro atoms. The Morgan fingerprint density at radius 1 is 1.40 bits per heavy atom. The summed E-state index contributed by atoms with van der Waals surface area (Å²) >= 11 is 7.54. The van der Waals surface area contributed by atoms with Crippen molar-refractivity contribution in [2.75, 3.05) is 18.8 Å². The largest absolute Gasteiger partial charge is 0.342 e. The lowest BCUT2D eigenvalue weighted by molar-refractivity contribution is -0.130. The molecule has 2 heterocycles. The van der Waals surface area contributed by atoms with Gasteiger partial charge in [-0.25, -0.2) is 0 Å². The van der Waals surface area contributed by atoms with Gasteiger partial charge in [-0.1, -0.05) is 42.4 Å². The van der Waals surface area contributed by atoms with Crippen LogP contribution in [0.25, 0.3) is 11.4 Å². The van der Waals surface area contributed by atoms with Crippen LogP contribution in [-0.4, -0.2) is 44.4 Å². The van der Waals surface area contributed by atoms with Crippen molar-refractivity contribution in [3.05, 3.63) is 29.3 Å². The third kappa shape index (κ3) is 4.36. The second kappa shape index (κ2) is 8.23. The van der Waals surface area contributed by atoms with E-state index in [4.69, 9.17) is 11.6 Å². The molecular weight excluding hydrogens is 356 g/mol. The van der Waals surface area contributed by atoms with Gasteiger partial charge in [0.05, 0.1) is 5.75 Å². The number of amides is 1. The van der Waals surface area contributed by atoms with Crippen LogP contribution in [0.2, 0.25) is 5.02 Å². The van der Waals surface area contributed by atoms with Gasteiger partial charge < -0.3 is 9.47 Å². The van der Waals surface area contributed by atoms with Crippen LogP contribution >= 0.6 is 23.4 Å². The number of likely N-dealkylation sites (tertiary alicyclic amines) is 1. The van der Waals surface area contributed by atoms with Gasteiger partial charge in [0.25, 0.3) is 0 Å². The predicted octanol–water partition coefficient (Wildman–Crippen LogP) is 3.97. The molecule has 5 nitrogen and oxygen atoms in total. The second-order valence-corrected chi connectivity index (χ2v) is 7.82. The molecule has 1 amide bonds. The Hall–Kier alpha value is -1.53. The van der Waals surface area contributed by atoms with Gasteiger partial charge in [0.2, 0.25) is 5.91 Å². The molecule has 134 valence electrons. The van der Waals surface area contributed by atoms with Crippen LogP contribution in [0.4, 0.5) is 0 Å². The van der Waals surface area contributed by atoms with Gasteiger partial charge in [-0.3, -0.25) is 4.79 Å². The van der Waals surface area contributed by atoms with Gasteiger partial charge >= 0.3 is 0 Å². The zero-order valence-electron chi connectivity index (χ0n) is 14.6. The summed E-state index contributed by atoms with van der Waals surface area (Å²) in [5.41, 5.74) is 0.935. The van der Waals surface area contributed by atoms with Crippen molar-refractivity contribution >= 4 is 29.3 Å². The third-order valence-corrected chi connectivity index (χ3v) is 5.64. The number of aromatic nitrogens is 3. The van der Waals surface area contributed by atoms with Crippen LogP contribution in [0.1, 0.15) is 26.7 Å². The van der Waals surface area contributed by atoms with Crippen molar-refractivity contribution in [3.63, 3.8) is 0 Å². The van der Waals surface area contributed by atoms with Crippen molar-refractivity contribution in [1.82, 2.24) is 19.7 Å². The van der Waals surface area contributed by atoms with E-state index in [1.54, 1.807) is 0 Å². The number of hydrogen-bond acceptors (Lipinski definition) is 4. The fourth-order valence-electron chi connectivity index (χ4n) is 3.16. The first-order valence-corrected chi connectivity index (χ1v) is 10.0.